The molecule has 0 radical (unpaired) electrons. The molecule has 1 aromatic carbocycles. The second-order valence-corrected chi connectivity index (χ2v) is 4.03. The monoisotopic (exact) mass is 206 g/mol. The summed E-state index contributed by atoms with van der Waals surface area (Å²) in [4.78, 5) is 0. The van der Waals surface area contributed by atoms with E-state index < -0.39 is 0 Å². The van der Waals surface area contributed by atoms with Crippen molar-refractivity contribution in [3.05, 3.63) is 23.3 Å². The van der Waals surface area contributed by atoms with Crippen molar-refractivity contribution in [3.8, 4) is 11.5 Å². The summed E-state index contributed by atoms with van der Waals surface area (Å²) in [7, 11) is 3.33. The highest BCUT2D eigenvalue weighted by atomic mass is 16.5. The van der Waals surface area contributed by atoms with Crippen LogP contribution in [0.25, 0.3) is 0 Å². The third-order valence-corrected chi connectivity index (χ3v) is 3.30. The Hall–Kier alpha value is -1.22. The fourth-order valence-corrected chi connectivity index (χ4v) is 2.56. The largest absolute Gasteiger partial charge is 0.493 e. The second kappa shape index (κ2) is 3.14. The van der Waals surface area contributed by atoms with Crippen LogP contribution in [0.4, 0.5) is 0 Å². The molecule has 2 unspecified atom stereocenters. The van der Waals surface area contributed by atoms with Crippen molar-refractivity contribution >= 4 is 0 Å². The number of ether oxygens (including phenoxy) is 3. The summed E-state index contributed by atoms with van der Waals surface area (Å²) in [6, 6.07) is 4.11. The molecule has 3 nitrogen and oxygen atoms in total. The van der Waals surface area contributed by atoms with Gasteiger partial charge in [-0.1, -0.05) is 0 Å². The zero-order valence-electron chi connectivity index (χ0n) is 8.95. The Morgan fingerprint density at radius 1 is 1.00 bits per heavy atom. The van der Waals surface area contributed by atoms with Crippen molar-refractivity contribution in [3.63, 3.8) is 0 Å². The fourth-order valence-electron chi connectivity index (χ4n) is 2.56. The molecule has 15 heavy (non-hydrogen) atoms. The van der Waals surface area contributed by atoms with Gasteiger partial charge in [0.1, 0.15) is 0 Å². The molecular formula is C12H14O3. The summed E-state index contributed by atoms with van der Waals surface area (Å²) < 4.78 is 16.4. The molecular weight excluding hydrogens is 192 g/mol. The van der Waals surface area contributed by atoms with Crippen molar-refractivity contribution < 1.29 is 14.2 Å². The van der Waals surface area contributed by atoms with E-state index in [-0.39, 0.29) is 12.2 Å². The van der Waals surface area contributed by atoms with Crippen LogP contribution in [0.1, 0.15) is 36.2 Å². The van der Waals surface area contributed by atoms with Gasteiger partial charge in [0.15, 0.2) is 11.5 Å². The van der Waals surface area contributed by atoms with Crippen LogP contribution >= 0.6 is 0 Å². The van der Waals surface area contributed by atoms with Crippen LogP contribution in [-0.2, 0) is 4.74 Å². The minimum absolute atomic E-state index is 0.282. The molecule has 0 saturated carbocycles. The molecule has 80 valence electrons. The summed E-state index contributed by atoms with van der Waals surface area (Å²) in [5.41, 5.74) is 2.56. The highest BCUT2D eigenvalue weighted by molar-refractivity contribution is 5.51. The smallest absolute Gasteiger partial charge is 0.161 e. The van der Waals surface area contributed by atoms with Gasteiger partial charge in [-0.3, -0.25) is 0 Å². The average molecular weight is 206 g/mol. The zero-order chi connectivity index (χ0) is 10.4. The van der Waals surface area contributed by atoms with E-state index in [0.29, 0.717) is 0 Å². The van der Waals surface area contributed by atoms with E-state index in [9.17, 15) is 0 Å². The number of hydrogen-bond donors (Lipinski definition) is 0. The molecule has 0 aromatic heterocycles. The van der Waals surface area contributed by atoms with Crippen molar-refractivity contribution in [2.45, 2.75) is 25.0 Å². The number of hydrogen-bond acceptors (Lipinski definition) is 3. The van der Waals surface area contributed by atoms with Gasteiger partial charge in [-0.15, -0.1) is 0 Å². The quantitative estimate of drug-likeness (QED) is 0.744. The minimum Gasteiger partial charge on any atom is -0.493 e. The van der Waals surface area contributed by atoms with Gasteiger partial charge in [0, 0.05) is 0 Å². The second-order valence-electron chi connectivity index (χ2n) is 4.03. The molecule has 0 N–H and O–H groups in total. The maximum atomic E-state index is 5.83. The van der Waals surface area contributed by atoms with E-state index in [1.807, 2.05) is 0 Å². The Kier molecular flexibility index (Phi) is 1.89. The van der Waals surface area contributed by atoms with Gasteiger partial charge >= 0.3 is 0 Å². The third kappa shape index (κ3) is 1.16. The third-order valence-electron chi connectivity index (χ3n) is 3.30. The molecule has 2 atom stereocenters. The van der Waals surface area contributed by atoms with Crippen LogP contribution in [0, 0.1) is 0 Å². The minimum atomic E-state index is 0.282. The van der Waals surface area contributed by atoms with Gasteiger partial charge in [0.25, 0.3) is 0 Å². The summed E-state index contributed by atoms with van der Waals surface area (Å²) in [6.45, 7) is 0. The van der Waals surface area contributed by atoms with E-state index >= 15 is 0 Å². The molecule has 2 aliphatic heterocycles. The number of rotatable bonds is 2. The van der Waals surface area contributed by atoms with Crippen LogP contribution < -0.4 is 9.47 Å². The molecule has 2 heterocycles. The molecule has 1 saturated heterocycles. The van der Waals surface area contributed by atoms with Crippen molar-refractivity contribution in [2.75, 3.05) is 14.2 Å². The van der Waals surface area contributed by atoms with Crippen LogP contribution in [0.15, 0.2) is 12.1 Å². The molecule has 1 fully saturated rings. The zero-order valence-corrected chi connectivity index (χ0v) is 8.95. The molecule has 0 amide bonds. The van der Waals surface area contributed by atoms with E-state index in [1.165, 1.54) is 11.1 Å². The van der Waals surface area contributed by atoms with Gasteiger partial charge in [0.2, 0.25) is 0 Å². The highest BCUT2D eigenvalue weighted by Crippen LogP contribution is 2.52. The Bertz CT molecular complexity index is 363. The number of methoxy groups -OCH3 is 2. The van der Waals surface area contributed by atoms with Crippen LogP contribution in [-0.4, -0.2) is 14.2 Å². The summed E-state index contributed by atoms with van der Waals surface area (Å²) >= 11 is 0. The molecule has 3 heteroatoms. The Morgan fingerprint density at radius 2 is 1.47 bits per heavy atom. The lowest BCUT2D eigenvalue weighted by Crippen LogP contribution is -2.00. The first-order valence-corrected chi connectivity index (χ1v) is 5.24. The molecule has 1 aromatic rings. The van der Waals surface area contributed by atoms with E-state index in [1.54, 1.807) is 14.2 Å². The predicted octanol–water partition coefficient (Wildman–Crippen LogP) is 2.61. The Labute approximate surface area is 89.0 Å². The van der Waals surface area contributed by atoms with Gasteiger partial charge in [-0.2, -0.15) is 0 Å². The number of benzene rings is 1. The van der Waals surface area contributed by atoms with E-state index in [4.69, 9.17) is 14.2 Å². The normalized spacial score (nSPS) is 26.5. The topological polar surface area (TPSA) is 27.7 Å². The molecule has 2 bridgehead atoms. The lowest BCUT2D eigenvalue weighted by atomic mass is 9.91. The molecule has 0 aliphatic carbocycles. The van der Waals surface area contributed by atoms with Gasteiger partial charge in [-0.25, -0.2) is 0 Å². The molecule has 0 spiro atoms. The summed E-state index contributed by atoms with van der Waals surface area (Å²) in [6.07, 6.45) is 2.83. The average Bonchev–Trinajstić information content (AvgIpc) is 2.88. The Morgan fingerprint density at radius 3 is 1.87 bits per heavy atom. The summed E-state index contributed by atoms with van der Waals surface area (Å²) in [5, 5.41) is 0. The van der Waals surface area contributed by atoms with Gasteiger partial charge in [0.05, 0.1) is 26.4 Å². The fraction of sp³-hybridized carbons (Fsp3) is 0.500. The van der Waals surface area contributed by atoms with Crippen molar-refractivity contribution in [2.24, 2.45) is 0 Å². The summed E-state index contributed by atoms with van der Waals surface area (Å²) in [5.74, 6) is 1.60. The van der Waals surface area contributed by atoms with Crippen LogP contribution in [0.2, 0.25) is 0 Å². The SMILES string of the molecule is COc1cc2c(cc1OC)C1CCC2O1. The van der Waals surface area contributed by atoms with Gasteiger partial charge in [-0.05, 0) is 36.1 Å². The first-order valence-electron chi connectivity index (χ1n) is 5.24. The molecule has 2 aliphatic rings. The van der Waals surface area contributed by atoms with E-state index in [0.717, 1.165) is 24.3 Å². The van der Waals surface area contributed by atoms with Crippen molar-refractivity contribution in [1.82, 2.24) is 0 Å². The lowest BCUT2D eigenvalue weighted by Gasteiger charge is -2.15. The standard InChI is InChI=1S/C12H14O3/c1-13-11-5-7-8(6-12(11)14-2)10-4-3-9(7)15-10/h5-6,9-10H,3-4H2,1-2H3. The highest BCUT2D eigenvalue weighted by Gasteiger charge is 2.38. The van der Waals surface area contributed by atoms with Crippen molar-refractivity contribution in [1.29, 1.82) is 0 Å². The number of fused-ring (bicyclic) bond motifs is 5. The first-order chi connectivity index (χ1) is 7.33. The first kappa shape index (κ1) is 9.04. The van der Waals surface area contributed by atoms with Crippen LogP contribution in [0.5, 0.6) is 11.5 Å². The van der Waals surface area contributed by atoms with Crippen LogP contribution in [0.3, 0.4) is 0 Å². The predicted molar refractivity (Wildman–Crippen MR) is 55.3 cm³/mol. The Balaban J connectivity index is 2.13. The lowest BCUT2D eigenvalue weighted by molar-refractivity contribution is 0.0716. The molecule has 3 rings (SSSR count). The van der Waals surface area contributed by atoms with E-state index in [2.05, 4.69) is 12.1 Å². The van der Waals surface area contributed by atoms with Gasteiger partial charge < -0.3 is 14.2 Å². The maximum absolute atomic E-state index is 5.83. The maximum Gasteiger partial charge on any atom is 0.161 e.